The van der Waals surface area contributed by atoms with Gasteiger partial charge in [0.2, 0.25) is 0 Å². The van der Waals surface area contributed by atoms with Crippen molar-refractivity contribution in [1.29, 1.82) is 0 Å². The van der Waals surface area contributed by atoms with Crippen LogP contribution in [0.15, 0.2) is 0 Å². The molecule has 0 aliphatic heterocycles. The van der Waals surface area contributed by atoms with Crippen LogP contribution in [-0.4, -0.2) is 24.6 Å². The summed E-state index contributed by atoms with van der Waals surface area (Å²) in [6, 6.07) is 0. The van der Waals surface area contributed by atoms with Crippen molar-refractivity contribution < 1.29 is 35.3 Å². The summed E-state index contributed by atoms with van der Waals surface area (Å²) in [5, 5.41) is 25.5. The number of hydrogen-bond donors (Lipinski definition) is 2. The monoisotopic (exact) mass is 168 g/mol. The molecule has 8 heteroatoms. The molecule has 0 fully saturated rings. The molecule has 0 rings (SSSR count). The van der Waals surface area contributed by atoms with E-state index in [0.29, 0.717) is 0 Å². The van der Waals surface area contributed by atoms with E-state index in [2.05, 4.69) is 24.8 Å². The second-order valence-electron chi connectivity index (χ2n) is 1.89. The maximum absolute atomic E-state index is 7.73. The molecule has 2 N–H and O–H groups in total. The predicted octanol–water partition coefficient (Wildman–Crippen LogP) is -0.0797. The first kappa shape index (κ1) is 10.8. The molecular weight excluding hydrogens is 159 g/mol. The average molecular weight is 168 g/mol. The normalized spacial score (nSPS) is 13.0. The highest BCUT2D eigenvalue weighted by atomic mass is 17.6. The quantitative estimate of drug-likeness (QED) is 0.238. The summed E-state index contributed by atoms with van der Waals surface area (Å²) in [6.45, 7) is 1.86. The first-order valence-corrected chi connectivity index (χ1v) is 2.84. The Labute approximate surface area is 63.3 Å². The lowest BCUT2D eigenvalue weighted by Crippen LogP contribution is -2.11. The molecular formula is C3H9BO7. The van der Waals surface area contributed by atoms with E-state index in [9.17, 15) is 0 Å². The summed E-state index contributed by atoms with van der Waals surface area (Å²) in [7, 11) is 0.130. The summed E-state index contributed by atoms with van der Waals surface area (Å²) in [4.78, 5) is 8.39. The summed E-state index contributed by atoms with van der Waals surface area (Å²) in [5.41, 5.74) is 0. The van der Waals surface area contributed by atoms with E-state index < -0.39 is 0 Å². The maximum Gasteiger partial charge on any atom is 0.332 e. The van der Waals surface area contributed by atoms with Crippen LogP contribution < -0.4 is 0 Å². The van der Waals surface area contributed by atoms with Crippen molar-refractivity contribution in [3.05, 3.63) is 0 Å². The van der Waals surface area contributed by atoms with Crippen LogP contribution in [0.2, 0.25) is 5.82 Å². The fourth-order valence-corrected chi connectivity index (χ4v) is 0.360. The van der Waals surface area contributed by atoms with E-state index in [-0.39, 0.29) is 19.9 Å². The summed E-state index contributed by atoms with van der Waals surface area (Å²) in [5.74, 6) is -0.0719. The fourth-order valence-electron chi connectivity index (χ4n) is 0.360. The second-order valence-corrected chi connectivity index (χ2v) is 1.89. The summed E-state index contributed by atoms with van der Waals surface area (Å²) in [6.07, 6.45) is 0. The van der Waals surface area contributed by atoms with Gasteiger partial charge < -0.3 is 0 Å². The first-order valence-electron chi connectivity index (χ1n) is 2.84. The van der Waals surface area contributed by atoms with Gasteiger partial charge >= 0.3 is 7.48 Å². The SMILES string of the molecule is CC(BOOO)COOOO. The van der Waals surface area contributed by atoms with Gasteiger partial charge in [-0.25, -0.2) is 15.4 Å². The molecule has 11 heavy (non-hydrogen) atoms. The number of rotatable bonds is 7. The molecule has 66 valence electrons. The average Bonchev–Trinajstić information content (AvgIpc) is 2.01. The van der Waals surface area contributed by atoms with E-state index in [1.807, 2.05) is 0 Å². The summed E-state index contributed by atoms with van der Waals surface area (Å²) >= 11 is 0. The molecule has 0 aromatic carbocycles. The number of hydrogen-bond acceptors (Lipinski definition) is 7. The zero-order chi connectivity index (χ0) is 8.53. The maximum atomic E-state index is 7.73. The highest BCUT2D eigenvalue weighted by Crippen LogP contribution is 2.01. The van der Waals surface area contributed by atoms with Crippen LogP contribution in [0.3, 0.4) is 0 Å². The van der Waals surface area contributed by atoms with Crippen LogP contribution in [0.1, 0.15) is 6.92 Å². The lowest BCUT2D eigenvalue weighted by molar-refractivity contribution is -0.623. The lowest BCUT2D eigenvalue weighted by Gasteiger charge is -2.04. The highest BCUT2D eigenvalue weighted by molar-refractivity contribution is 6.29. The molecule has 1 unspecified atom stereocenters. The standard InChI is InChI=1S/C3H9BO7/c1-3(4-8-9-5)2-7-11-10-6/h3-6H,2H2,1H3. The Kier molecular flexibility index (Phi) is 7.73. The molecule has 0 bridgehead atoms. The minimum Gasteiger partial charge on any atom is -0.280 e. The fraction of sp³-hybridized carbons (Fsp3) is 1.00. The van der Waals surface area contributed by atoms with Gasteiger partial charge in [-0.3, -0.25) is 4.81 Å². The molecule has 0 amide bonds. The highest BCUT2D eigenvalue weighted by Gasteiger charge is 2.07. The van der Waals surface area contributed by atoms with Crippen molar-refractivity contribution in [2.24, 2.45) is 0 Å². The Bertz CT molecular complexity index is 80.1. The van der Waals surface area contributed by atoms with Crippen molar-refractivity contribution >= 4 is 7.48 Å². The molecule has 0 saturated carbocycles. The molecule has 1 atom stereocenters. The zero-order valence-electron chi connectivity index (χ0n) is 5.93. The third-order valence-electron chi connectivity index (χ3n) is 0.836. The van der Waals surface area contributed by atoms with Gasteiger partial charge in [0.15, 0.2) is 0 Å². The van der Waals surface area contributed by atoms with Crippen LogP contribution in [0, 0.1) is 0 Å². The third kappa shape index (κ3) is 7.68. The van der Waals surface area contributed by atoms with Gasteiger partial charge in [-0.1, -0.05) is 12.0 Å². The first-order chi connectivity index (χ1) is 5.31. The molecule has 0 aliphatic rings. The molecule has 0 spiro atoms. The van der Waals surface area contributed by atoms with E-state index >= 15 is 0 Å². The van der Waals surface area contributed by atoms with Crippen molar-refractivity contribution in [3.63, 3.8) is 0 Å². The van der Waals surface area contributed by atoms with Crippen molar-refractivity contribution in [2.45, 2.75) is 12.7 Å². The Morgan fingerprint density at radius 2 is 2.09 bits per heavy atom. The molecule has 7 nitrogen and oxygen atoms in total. The van der Waals surface area contributed by atoms with E-state index in [0.717, 1.165) is 0 Å². The smallest absolute Gasteiger partial charge is 0.280 e. The Morgan fingerprint density at radius 1 is 1.36 bits per heavy atom. The molecule has 0 aromatic heterocycles. The predicted molar refractivity (Wildman–Crippen MR) is 32.1 cm³/mol. The van der Waals surface area contributed by atoms with Crippen LogP contribution in [0.5, 0.6) is 0 Å². The van der Waals surface area contributed by atoms with Gasteiger partial charge in [-0.2, -0.15) is 0 Å². The Hall–Kier alpha value is -0.215. The third-order valence-corrected chi connectivity index (χ3v) is 0.836. The Morgan fingerprint density at radius 3 is 2.64 bits per heavy atom. The van der Waals surface area contributed by atoms with Gasteiger partial charge in [0.25, 0.3) is 0 Å². The molecule has 0 saturated heterocycles. The van der Waals surface area contributed by atoms with Crippen molar-refractivity contribution in [3.8, 4) is 0 Å². The molecule has 0 aromatic rings. The van der Waals surface area contributed by atoms with Crippen molar-refractivity contribution in [2.75, 3.05) is 6.61 Å². The molecule has 0 radical (unpaired) electrons. The Balaban J connectivity index is 3.02. The van der Waals surface area contributed by atoms with Crippen molar-refractivity contribution in [1.82, 2.24) is 0 Å². The van der Waals surface area contributed by atoms with E-state index in [1.165, 1.54) is 0 Å². The van der Waals surface area contributed by atoms with Crippen LogP contribution in [0.25, 0.3) is 0 Å². The van der Waals surface area contributed by atoms with E-state index in [1.54, 1.807) is 6.92 Å². The lowest BCUT2D eigenvalue weighted by atomic mass is 9.83. The molecule has 0 heterocycles. The second kappa shape index (κ2) is 7.89. The van der Waals surface area contributed by atoms with Gasteiger partial charge in [-0.15, -0.1) is 0 Å². The topological polar surface area (TPSA) is 86.6 Å². The van der Waals surface area contributed by atoms with Gasteiger partial charge in [0, 0.05) is 0 Å². The minimum atomic E-state index is -0.0719. The van der Waals surface area contributed by atoms with Gasteiger partial charge in [-0.05, 0) is 15.9 Å². The van der Waals surface area contributed by atoms with Gasteiger partial charge in [0.05, 0.1) is 6.61 Å². The summed E-state index contributed by atoms with van der Waals surface area (Å²) < 4.78 is 0. The minimum absolute atomic E-state index is 0.0719. The van der Waals surface area contributed by atoms with Crippen LogP contribution in [0.4, 0.5) is 0 Å². The van der Waals surface area contributed by atoms with Crippen LogP contribution in [-0.2, 0) is 24.8 Å². The van der Waals surface area contributed by atoms with Crippen LogP contribution >= 0.6 is 0 Å². The largest absolute Gasteiger partial charge is 0.332 e. The molecule has 0 aliphatic carbocycles. The van der Waals surface area contributed by atoms with E-state index in [4.69, 9.17) is 10.5 Å². The van der Waals surface area contributed by atoms with Gasteiger partial charge in [0.1, 0.15) is 0 Å². The zero-order valence-corrected chi connectivity index (χ0v) is 5.93.